The van der Waals surface area contributed by atoms with Crippen LogP contribution in [-0.2, 0) is 16.6 Å². The Morgan fingerprint density at radius 3 is 2.76 bits per heavy atom. The molecule has 96 valence electrons. The van der Waals surface area contributed by atoms with Crippen molar-refractivity contribution in [2.75, 3.05) is 19.3 Å². The maximum atomic E-state index is 10.8. The SMILES string of the molecule is Cc1nccc(CNCCCNS(C)(=O)=O)n1. The van der Waals surface area contributed by atoms with Gasteiger partial charge in [0.1, 0.15) is 5.82 Å². The van der Waals surface area contributed by atoms with Crippen molar-refractivity contribution in [3.05, 3.63) is 23.8 Å². The molecular formula is C10H18N4O2S. The summed E-state index contributed by atoms with van der Waals surface area (Å²) in [6.45, 7) is 3.71. The lowest BCUT2D eigenvalue weighted by Gasteiger charge is -2.05. The molecule has 1 rings (SSSR count). The van der Waals surface area contributed by atoms with Gasteiger partial charge in [-0.3, -0.25) is 0 Å². The summed E-state index contributed by atoms with van der Waals surface area (Å²) in [5.41, 5.74) is 0.938. The molecule has 1 aromatic heterocycles. The molecule has 0 aromatic carbocycles. The molecule has 0 amide bonds. The maximum absolute atomic E-state index is 10.8. The Morgan fingerprint density at radius 2 is 2.12 bits per heavy atom. The summed E-state index contributed by atoms with van der Waals surface area (Å²) in [4.78, 5) is 8.25. The first kappa shape index (κ1) is 14.0. The molecule has 7 heteroatoms. The highest BCUT2D eigenvalue weighted by Gasteiger charge is 1.99. The van der Waals surface area contributed by atoms with Crippen LogP contribution < -0.4 is 10.0 Å². The van der Waals surface area contributed by atoms with Crippen molar-refractivity contribution in [2.45, 2.75) is 19.9 Å². The van der Waals surface area contributed by atoms with Crippen LogP contribution in [0.2, 0.25) is 0 Å². The largest absolute Gasteiger partial charge is 0.311 e. The fourth-order valence-electron chi connectivity index (χ4n) is 1.29. The Kier molecular flexibility index (Phi) is 5.46. The van der Waals surface area contributed by atoms with Crippen LogP contribution in [0.25, 0.3) is 0 Å². The first-order valence-corrected chi connectivity index (χ1v) is 7.30. The second kappa shape index (κ2) is 6.63. The van der Waals surface area contributed by atoms with Gasteiger partial charge in [0.05, 0.1) is 11.9 Å². The minimum Gasteiger partial charge on any atom is -0.311 e. The molecule has 0 aliphatic heterocycles. The molecule has 1 aromatic rings. The van der Waals surface area contributed by atoms with E-state index in [9.17, 15) is 8.42 Å². The summed E-state index contributed by atoms with van der Waals surface area (Å²) in [5.74, 6) is 0.753. The van der Waals surface area contributed by atoms with Gasteiger partial charge in [-0.1, -0.05) is 0 Å². The Bertz CT molecular complexity index is 447. The molecule has 0 bridgehead atoms. The van der Waals surface area contributed by atoms with Gasteiger partial charge in [-0.25, -0.2) is 23.1 Å². The van der Waals surface area contributed by atoms with E-state index in [4.69, 9.17) is 0 Å². The molecule has 0 spiro atoms. The van der Waals surface area contributed by atoms with Crippen molar-refractivity contribution in [3.8, 4) is 0 Å². The van der Waals surface area contributed by atoms with Gasteiger partial charge in [0.2, 0.25) is 10.0 Å². The summed E-state index contributed by atoms with van der Waals surface area (Å²) in [6.07, 6.45) is 3.63. The predicted octanol–water partition coefficient (Wildman–Crippen LogP) is -0.186. The molecule has 0 saturated heterocycles. The van der Waals surface area contributed by atoms with E-state index in [1.807, 2.05) is 13.0 Å². The lowest BCUT2D eigenvalue weighted by atomic mass is 10.3. The molecule has 0 aliphatic carbocycles. The minimum absolute atomic E-state index is 0.453. The molecule has 2 N–H and O–H groups in total. The number of hydrogen-bond donors (Lipinski definition) is 2. The van der Waals surface area contributed by atoms with Crippen molar-refractivity contribution in [1.29, 1.82) is 0 Å². The number of rotatable bonds is 7. The number of aromatic nitrogens is 2. The van der Waals surface area contributed by atoms with Crippen LogP contribution in [-0.4, -0.2) is 37.7 Å². The number of nitrogens with zero attached hydrogens (tertiary/aromatic N) is 2. The molecule has 0 saturated carbocycles. The van der Waals surface area contributed by atoms with Crippen molar-refractivity contribution in [2.24, 2.45) is 0 Å². The zero-order valence-corrected chi connectivity index (χ0v) is 10.9. The number of aryl methyl sites for hydroxylation is 1. The van der Waals surface area contributed by atoms with Gasteiger partial charge < -0.3 is 5.32 Å². The predicted molar refractivity (Wildman–Crippen MR) is 65.9 cm³/mol. The summed E-state index contributed by atoms with van der Waals surface area (Å²) in [7, 11) is -3.07. The first-order valence-electron chi connectivity index (χ1n) is 5.41. The summed E-state index contributed by atoms with van der Waals surface area (Å²) < 4.78 is 24.0. The van der Waals surface area contributed by atoms with Gasteiger partial charge in [0.25, 0.3) is 0 Å². The average molecular weight is 258 g/mol. The van der Waals surface area contributed by atoms with Gasteiger partial charge in [-0.2, -0.15) is 0 Å². The summed E-state index contributed by atoms with van der Waals surface area (Å²) in [5, 5.41) is 3.19. The fourth-order valence-corrected chi connectivity index (χ4v) is 1.81. The van der Waals surface area contributed by atoms with Gasteiger partial charge in [0, 0.05) is 19.3 Å². The number of sulfonamides is 1. The Hall–Kier alpha value is -1.05. The third-order valence-corrected chi connectivity index (χ3v) is 2.76. The lowest BCUT2D eigenvalue weighted by molar-refractivity contribution is 0.578. The molecule has 1 heterocycles. The third-order valence-electron chi connectivity index (χ3n) is 2.03. The normalized spacial score (nSPS) is 11.6. The Morgan fingerprint density at radius 1 is 1.35 bits per heavy atom. The average Bonchev–Trinajstić information content (AvgIpc) is 2.22. The van der Waals surface area contributed by atoms with E-state index in [0.717, 1.165) is 30.7 Å². The van der Waals surface area contributed by atoms with Crippen LogP contribution in [0.1, 0.15) is 17.9 Å². The summed E-state index contributed by atoms with van der Waals surface area (Å²) in [6, 6.07) is 1.86. The highest BCUT2D eigenvalue weighted by Crippen LogP contribution is 1.93. The molecule has 6 nitrogen and oxygen atoms in total. The highest BCUT2D eigenvalue weighted by atomic mass is 32.2. The van der Waals surface area contributed by atoms with E-state index in [2.05, 4.69) is 20.0 Å². The van der Waals surface area contributed by atoms with Crippen LogP contribution in [0.15, 0.2) is 12.3 Å². The Balaban J connectivity index is 2.13. The molecule has 0 radical (unpaired) electrons. The molecule has 0 fully saturated rings. The van der Waals surface area contributed by atoms with Crippen LogP contribution in [0, 0.1) is 6.92 Å². The lowest BCUT2D eigenvalue weighted by Crippen LogP contribution is -2.26. The molecule has 17 heavy (non-hydrogen) atoms. The van der Waals surface area contributed by atoms with Crippen molar-refractivity contribution >= 4 is 10.0 Å². The van der Waals surface area contributed by atoms with Crippen molar-refractivity contribution < 1.29 is 8.42 Å². The summed E-state index contributed by atoms with van der Waals surface area (Å²) >= 11 is 0. The molecule has 0 unspecified atom stereocenters. The van der Waals surface area contributed by atoms with Gasteiger partial charge >= 0.3 is 0 Å². The van der Waals surface area contributed by atoms with E-state index in [-0.39, 0.29) is 0 Å². The van der Waals surface area contributed by atoms with Crippen LogP contribution in [0.3, 0.4) is 0 Å². The highest BCUT2D eigenvalue weighted by molar-refractivity contribution is 7.88. The minimum atomic E-state index is -3.07. The van der Waals surface area contributed by atoms with Crippen molar-refractivity contribution in [1.82, 2.24) is 20.0 Å². The second-order valence-corrected chi connectivity index (χ2v) is 5.63. The van der Waals surface area contributed by atoms with Crippen LogP contribution >= 0.6 is 0 Å². The topological polar surface area (TPSA) is 84.0 Å². The standard InChI is InChI=1S/C10H18N4O2S/c1-9-12-7-4-10(14-9)8-11-5-3-6-13-17(2,15)16/h4,7,11,13H,3,5-6,8H2,1-2H3. The van der Waals surface area contributed by atoms with Crippen LogP contribution in [0.4, 0.5) is 0 Å². The van der Waals surface area contributed by atoms with Crippen LogP contribution in [0.5, 0.6) is 0 Å². The zero-order valence-electron chi connectivity index (χ0n) is 10.1. The monoisotopic (exact) mass is 258 g/mol. The third kappa shape index (κ3) is 6.98. The van der Waals surface area contributed by atoms with E-state index in [1.165, 1.54) is 0 Å². The maximum Gasteiger partial charge on any atom is 0.208 e. The smallest absolute Gasteiger partial charge is 0.208 e. The molecular weight excluding hydrogens is 240 g/mol. The number of nitrogens with one attached hydrogen (secondary N) is 2. The molecule has 0 aliphatic rings. The van der Waals surface area contributed by atoms with Gasteiger partial charge in [-0.15, -0.1) is 0 Å². The van der Waals surface area contributed by atoms with Gasteiger partial charge in [-0.05, 0) is 26.0 Å². The quantitative estimate of drug-likeness (QED) is 0.663. The van der Waals surface area contributed by atoms with E-state index in [1.54, 1.807) is 6.20 Å². The van der Waals surface area contributed by atoms with Gasteiger partial charge in [0.15, 0.2) is 0 Å². The first-order chi connectivity index (χ1) is 7.97. The number of hydrogen-bond acceptors (Lipinski definition) is 5. The zero-order chi connectivity index (χ0) is 12.7. The van der Waals surface area contributed by atoms with E-state index in [0.29, 0.717) is 13.1 Å². The fraction of sp³-hybridized carbons (Fsp3) is 0.600. The Labute approximate surface area is 102 Å². The van der Waals surface area contributed by atoms with Crippen molar-refractivity contribution in [3.63, 3.8) is 0 Å². The van der Waals surface area contributed by atoms with E-state index >= 15 is 0 Å². The molecule has 0 atom stereocenters. The second-order valence-electron chi connectivity index (χ2n) is 3.79. The van der Waals surface area contributed by atoms with E-state index < -0.39 is 10.0 Å².